The van der Waals surface area contributed by atoms with E-state index in [4.69, 9.17) is 9.47 Å². The van der Waals surface area contributed by atoms with Gasteiger partial charge in [-0.15, -0.1) is 0 Å². The first-order chi connectivity index (χ1) is 8.72. The lowest BCUT2D eigenvalue weighted by atomic mass is 10.2. The first-order valence-corrected chi connectivity index (χ1v) is 6.33. The fourth-order valence-electron chi connectivity index (χ4n) is 1.56. The van der Waals surface area contributed by atoms with Gasteiger partial charge in [0.25, 0.3) is 0 Å². The van der Waals surface area contributed by atoms with Crippen molar-refractivity contribution in [2.24, 2.45) is 0 Å². The number of benzene rings is 1. The zero-order chi connectivity index (χ0) is 13.0. The van der Waals surface area contributed by atoms with E-state index >= 15 is 0 Å². The summed E-state index contributed by atoms with van der Waals surface area (Å²) in [6.45, 7) is 1.98. The minimum Gasteiger partial charge on any atom is -0.478 e. The number of fused-ring (bicyclic) bond motifs is 1. The second-order valence-electron chi connectivity index (χ2n) is 3.55. The van der Waals surface area contributed by atoms with Gasteiger partial charge < -0.3 is 9.47 Å². The van der Waals surface area contributed by atoms with Crippen LogP contribution in [0.3, 0.4) is 0 Å². The summed E-state index contributed by atoms with van der Waals surface area (Å²) >= 11 is 3.39. The van der Waals surface area contributed by atoms with Crippen molar-refractivity contribution >= 4 is 32.8 Å². The van der Waals surface area contributed by atoms with Crippen LogP contribution in [0.4, 0.5) is 0 Å². The Kier molecular flexibility index (Phi) is 4.15. The van der Waals surface area contributed by atoms with Crippen molar-refractivity contribution in [3.8, 4) is 5.75 Å². The highest BCUT2D eigenvalue weighted by Gasteiger charge is 2.10. The van der Waals surface area contributed by atoms with Gasteiger partial charge in [0, 0.05) is 11.6 Å². The molecular formula is C13H12BrNO3. The van der Waals surface area contributed by atoms with Crippen LogP contribution in [0.1, 0.15) is 6.92 Å². The average Bonchev–Trinajstić information content (AvgIpc) is 2.38. The molecule has 0 bridgehead atoms. The molecular weight excluding hydrogens is 298 g/mol. The molecule has 0 N–H and O–H groups in total. The lowest BCUT2D eigenvalue weighted by molar-refractivity contribution is -0.145. The van der Waals surface area contributed by atoms with Crippen LogP contribution in [0.15, 0.2) is 34.9 Å². The first kappa shape index (κ1) is 12.8. The van der Waals surface area contributed by atoms with Crippen LogP contribution in [0.2, 0.25) is 0 Å². The highest BCUT2D eigenvalue weighted by molar-refractivity contribution is 9.10. The number of ether oxygens (including phenoxy) is 2. The lowest BCUT2D eigenvalue weighted by Crippen LogP contribution is -2.15. The quantitative estimate of drug-likeness (QED) is 0.815. The molecule has 0 radical (unpaired) electrons. The molecule has 0 aliphatic heterocycles. The topological polar surface area (TPSA) is 48.4 Å². The highest BCUT2D eigenvalue weighted by Crippen LogP contribution is 2.32. The van der Waals surface area contributed by atoms with Gasteiger partial charge in [-0.2, -0.15) is 0 Å². The molecule has 0 amide bonds. The zero-order valence-corrected chi connectivity index (χ0v) is 11.4. The van der Waals surface area contributed by atoms with Crippen molar-refractivity contribution in [1.82, 2.24) is 4.98 Å². The Morgan fingerprint density at radius 3 is 3.00 bits per heavy atom. The predicted octanol–water partition coefficient (Wildman–Crippen LogP) is 2.94. The van der Waals surface area contributed by atoms with Gasteiger partial charge >= 0.3 is 5.97 Å². The average molecular weight is 310 g/mol. The molecule has 0 unspecified atom stereocenters. The van der Waals surface area contributed by atoms with Gasteiger partial charge in [0.1, 0.15) is 5.52 Å². The van der Waals surface area contributed by atoms with Crippen molar-refractivity contribution in [2.75, 3.05) is 13.2 Å². The molecule has 4 nitrogen and oxygen atoms in total. The van der Waals surface area contributed by atoms with Crippen LogP contribution < -0.4 is 4.74 Å². The molecule has 0 aliphatic rings. The molecule has 1 heterocycles. The van der Waals surface area contributed by atoms with E-state index in [2.05, 4.69) is 20.9 Å². The van der Waals surface area contributed by atoms with E-state index < -0.39 is 5.97 Å². The molecule has 0 spiro atoms. The van der Waals surface area contributed by atoms with E-state index in [0.29, 0.717) is 12.4 Å². The Balaban J connectivity index is 2.26. The number of hydrogen-bond acceptors (Lipinski definition) is 4. The van der Waals surface area contributed by atoms with Crippen molar-refractivity contribution in [3.05, 3.63) is 34.9 Å². The molecule has 0 fully saturated rings. The van der Waals surface area contributed by atoms with Gasteiger partial charge in [-0.1, -0.05) is 12.1 Å². The van der Waals surface area contributed by atoms with Crippen molar-refractivity contribution in [2.45, 2.75) is 6.92 Å². The number of carbonyl (C=O) groups excluding carboxylic acids is 1. The van der Waals surface area contributed by atoms with Gasteiger partial charge in [-0.05, 0) is 35.0 Å². The molecule has 0 saturated carbocycles. The predicted molar refractivity (Wildman–Crippen MR) is 71.6 cm³/mol. The normalized spacial score (nSPS) is 10.3. The Morgan fingerprint density at radius 1 is 1.39 bits per heavy atom. The van der Waals surface area contributed by atoms with E-state index in [1.165, 1.54) is 0 Å². The Labute approximate surface area is 113 Å². The van der Waals surface area contributed by atoms with E-state index in [-0.39, 0.29) is 6.61 Å². The van der Waals surface area contributed by atoms with Gasteiger partial charge in [-0.3, -0.25) is 4.98 Å². The molecule has 1 aromatic heterocycles. The molecule has 0 aliphatic carbocycles. The summed E-state index contributed by atoms with van der Waals surface area (Å²) in [7, 11) is 0. The number of aromatic nitrogens is 1. The molecule has 5 heteroatoms. The van der Waals surface area contributed by atoms with Gasteiger partial charge in [-0.25, -0.2) is 4.79 Å². The van der Waals surface area contributed by atoms with E-state index in [0.717, 1.165) is 15.4 Å². The minimum atomic E-state index is -0.391. The number of nitrogens with zero attached hydrogens (tertiary/aromatic N) is 1. The standard InChI is InChI=1S/C13H12BrNO3/c1-2-17-11(16)8-18-13-10(14)6-5-9-4-3-7-15-12(9)13/h3-7H,2,8H2,1H3. The van der Waals surface area contributed by atoms with Crippen LogP contribution in [-0.4, -0.2) is 24.2 Å². The van der Waals surface area contributed by atoms with Crippen LogP contribution in [0, 0.1) is 0 Å². The summed E-state index contributed by atoms with van der Waals surface area (Å²) in [5.74, 6) is 0.165. The van der Waals surface area contributed by atoms with Crippen LogP contribution in [-0.2, 0) is 9.53 Å². The molecule has 0 atom stereocenters. The summed E-state index contributed by atoms with van der Waals surface area (Å²) in [5.41, 5.74) is 0.719. The van der Waals surface area contributed by atoms with E-state index in [1.54, 1.807) is 13.1 Å². The number of pyridine rings is 1. The number of hydrogen-bond donors (Lipinski definition) is 0. The third kappa shape index (κ3) is 2.79. The summed E-state index contributed by atoms with van der Waals surface area (Å²) < 4.78 is 11.1. The van der Waals surface area contributed by atoms with Crippen LogP contribution in [0.25, 0.3) is 10.9 Å². The fourth-order valence-corrected chi connectivity index (χ4v) is 2.00. The SMILES string of the molecule is CCOC(=O)COc1c(Br)ccc2cccnc12. The number of esters is 1. The van der Waals surface area contributed by atoms with Crippen molar-refractivity contribution < 1.29 is 14.3 Å². The largest absolute Gasteiger partial charge is 0.478 e. The second kappa shape index (κ2) is 5.82. The van der Waals surface area contributed by atoms with Gasteiger partial charge in [0.15, 0.2) is 12.4 Å². The van der Waals surface area contributed by atoms with Crippen LogP contribution >= 0.6 is 15.9 Å². The highest BCUT2D eigenvalue weighted by atomic mass is 79.9. The van der Waals surface area contributed by atoms with Gasteiger partial charge in [0.2, 0.25) is 0 Å². The third-order valence-electron chi connectivity index (χ3n) is 2.32. The number of rotatable bonds is 4. The molecule has 18 heavy (non-hydrogen) atoms. The number of halogens is 1. The Bertz CT molecular complexity index is 571. The fraction of sp³-hybridized carbons (Fsp3) is 0.231. The maximum Gasteiger partial charge on any atom is 0.344 e. The van der Waals surface area contributed by atoms with Crippen molar-refractivity contribution in [3.63, 3.8) is 0 Å². The second-order valence-corrected chi connectivity index (χ2v) is 4.40. The van der Waals surface area contributed by atoms with E-state index in [1.807, 2.05) is 24.3 Å². The van der Waals surface area contributed by atoms with Gasteiger partial charge in [0.05, 0.1) is 11.1 Å². The smallest absolute Gasteiger partial charge is 0.344 e. The molecule has 0 saturated heterocycles. The maximum absolute atomic E-state index is 11.3. The molecule has 2 aromatic rings. The zero-order valence-electron chi connectivity index (χ0n) is 9.85. The minimum absolute atomic E-state index is 0.123. The Morgan fingerprint density at radius 2 is 2.22 bits per heavy atom. The lowest BCUT2D eigenvalue weighted by Gasteiger charge is -2.10. The monoisotopic (exact) mass is 309 g/mol. The summed E-state index contributed by atoms with van der Waals surface area (Å²) in [6.07, 6.45) is 1.69. The summed E-state index contributed by atoms with van der Waals surface area (Å²) in [4.78, 5) is 15.5. The first-order valence-electron chi connectivity index (χ1n) is 5.54. The van der Waals surface area contributed by atoms with Crippen LogP contribution in [0.5, 0.6) is 5.75 Å². The Hall–Kier alpha value is -1.62. The summed E-state index contributed by atoms with van der Waals surface area (Å²) in [6, 6.07) is 7.59. The molecule has 94 valence electrons. The van der Waals surface area contributed by atoms with E-state index in [9.17, 15) is 4.79 Å². The molecule has 2 rings (SSSR count). The summed E-state index contributed by atoms with van der Waals surface area (Å²) in [5, 5.41) is 0.958. The van der Waals surface area contributed by atoms with Crippen molar-refractivity contribution in [1.29, 1.82) is 0 Å². The maximum atomic E-state index is 11.3. The number of carbonyl (C=O) groups is 1. The molecule has 1 aromatic carbocycles. The third-order valence-corrected chi connectivity index (χ3v) is 2.94.